The molecule has 2 aliphatic heterocycles. The van der Waals surface area contributed by atoms with Crippen molar-refractivity contribution in [2.45, 2.75) is 38.6 Å². The van der Waals surface area contributed by atoms with Crippen LogP contribution in [0.2, 0.25) is 0 Å². The molecule has 1 aromatic heterocycles. The predicted octanol–water partition coefficient (Wildman–Crippen LogP) is 2.09. The van der Waals surface area contributed by atoms with E-state index in [0.717, 1.165) is 32.0 Å². The number of nitrogens with zero attached hydrogens (tertiary/aromatic N) is 4. The molecule has 0 saturated carbocycles. The van der Waals surface area contributed by atoms with Crippen molar-refractivity contribution < 1.29 is 4.39 Å². The van der Waals surface area contributed by atoms with Crippen LogP contribution >= 0.6 is 0 Å². The second-order valence-corrected chi connectivity index (χ2v) is 7.62. The zero-order valence-electron chi connectivity index (χ0n) is 16.6. The van der Waals surface area contributed by atoms with Gasteiger partial charge in [-0.15, -0.1) is 0 Å². The summed E-state index contributed by atoms with van der Waals surface area (Å²) in [5.41, 5.74) is 0. The highest BCUT2D eigenvalue weighted by Crippen LogP contribution is 2.21. The molecule has 0 aliphatic carbocycles. The number of piperidine rings is 1. The Morgan fingerprint density at radius 2 is 2.11 bits per heavy atom. The van der Waals surface area contributed by atoms with Gasteiger partial charge in [0.15, 0.2) is 17.6 Å². The Labute approximate surface area is 162 Å². The van der Waals surface area contributed by atoms with Crippen molar-refractivity contribution in [1.29, 1.82) is 0 Å². The second kappa shape index (κ2) is 9.88. The lowest BCUT2D eigenvalue weighted by atomic mass is 9.97. The first-order valence-electron chi connectivity index (χ1n) is 10.2. The minimum absolute atomic E-state index is 0.254. The lowest BCUT2D eigenvalue weighted by Gasteiger charge is -2.32. The van der Waals surface area contributed by atoms with Crippen molar-refractivity contribution >= 4 is 11.8 Å². The first kappa shape index (κ1) is 19.9. The Morgan fingerprint density at radius 1 is 1.30 bits per heavy atom. The van der Waals surface area contributed by atoms with Crippen molar-refractivity contribution in [2.24, 2.45) is 10.9 Å². The minimum atomic E-state index is -0.255. The van der Waals surface area contributed by atoms with E-state index in [0.29, 0.717) is 11.7 Å². The number of hydrogen-bond donors (Lipinski definition) is 2. The number of nitrogens with one attached hydrogen (secondary N) is 2. The van der Waals surface area contributed by atoms with Crippen molar-refractivity contribution in [3.05, 3.63) is 24.1 Å². The number of pyridine rings is 1. The van der Waals surface area contributed by atoms with Crippen LogP contribution in [0.15, 0.2) is 23.3 Å². The van der Waals surface area contributed by atoms with Crippen molar-refractivity contribution in [2.75, 3.05) is 51.2 Å². The van der Waals surface area contributed by atoms with Gasteiger partial charge in [-0.25, -0.2) is 9.37 Å². The van der Waals surface area contributed by atoms with Crippen LogP contribution in [0, 0.1) is 11.7 Å². The Hall–Kier alpha value is -1.89. The van der Waals surface area contributed by atoms with E-state index >= 15 is 0 Å². The number of guanidine groups is 1. The summed E-state index contributed by atoms with van der Waals surface area (Å²) in [6.07, 6.45) is 6.33. The Morgan fingerprint density at radius 3 is 2.81 bits per heavy atom. The van der Waals surface area contributed by atoms with Crippen LogP contribution in [0.5, 0.6) is 0 Å². The fourth-order valence-electron chi connectivity index (χ4n) is 4.04. The van der Waals surface area contributed by atoms with Crippen molar-refractivity contribution in [3.63, 3.8) is 0 Å². The maximum Gasteiger partial charge on any atom is 0.191 e. The average molecular weight is 377 g/mol. The molecule has 3 rings (SSSR count). The molecule has 1 aromatic rings. The number of anilines is 1. The van der Waals surface area contributed by atoms with Crippen LogP contribution in [0.25, 0.3) is 0 Å². The quantitative estimate of drug-likeness (QED) is 0.588. The van der Waals surface area contributed by atoms with E-state index in [1.54, 1.807) is 12.3 Å². The molecule has 2 saturated heterocycles. The summed E-state index contributed by atoms with van der Waals surface area (Å²) in [5.74, 6) is 1.75. The van der Waals surface area contributed by atoms with Crippen molar-refractivity contribution in [1.82, 2.24) is 20.5 Å². The summed E-state index contributed by atoms with van der Waals surface area (Å²) in [5, 5.41) is 6.98. The molecule has 3 heterocycles. The van der Waals surface area contributed by atoms with Crippen LogP contribution in [0.3, 0.4) is 0 Å². The van der Waals surface area contributed by atoms with Crippen LogP contribution < -0.4 is 15.5 Å². The Kier molecular flexibility index (Phi) is 7.26. The van der Waals surface area contributed by atoms with E-state index in [4.69, 9.17) is 0 Å². The highest BCUT2D eigenvalue weighted by Gasteiger charge is 2.26. The summed E-state index contributed by atoms with van der Waals surface area (Å²) in [6, 6.07) is 3.35. The highest BCUT2D eigenvalue weighted by atomic mass is 19.1. The molecule has 1 unspecified atom stereocenters. The molecule has 1 atom stereocenters. The number of halogens is 1. The van der Waals surface area contributed by atoms with Gasteiger partial charge in [-0.1, -0.05) is 6.92 Å². The molecule has 0 radical (unpaired) electrons. The Bertz CT molecular complexity index is 614. The van der Waals surface area contributed by atoms with Gasteiger partial charge in [0.25, 0.3) is 0 Å². The topological polar surface area (TPSA) is 55.8 Å². The van der Waals surface area contributed by atoms with Gasteiger partial charge in [-0.2, -0.15) is 0 Å². The highest BCUT2D eigenvalue weighted by molar-refractivity contribution is 5.80. The molecular formula is C20H33FN6. The smallest absolute Gasteiger partial charge is 0.191 e. The third kappa shape index (κ3) is 5.54. The molecule has 0 spiro atoms. The van der Waals surface area contributed by atoms with E-state index in [1.807, 2.05) is 11.9 Å². The van der Waals surface area contributed by atoms with E-state index in [2.05, 4.69) is 32.4 Å². The van der Waals surface area contributed by atoms with Gasteiger partial charge in [0, 0.05) is 38.9 Å². The largest absolute Gasteiger partial charge is 0.356 e. The first-order chi connectivity index (χ1) is 13.2. The average Bonchev–Trinajstić information content (AvgIpc) is 3.15. The first-order valence-corrected chi connectivity index (χ1v) is 10.2. The minimum Gasteiger partial charge on any atom is -0.356 e. The molecule has 2 N–H and O–H groups in total. The number of hydrogen-bond acceptors (Lipinski definition) is 4. The van der Waals surface area contributed by atoms with Gasteiger partial charge < -0.3 is 20.4 Å². The van der Waals surface area contributed by atoms with Crippen molar-refractivity contribution in [3.8, 4) is 0 Å². The summed E-state index contributed by atoms with van der Waals surface area (Å²) < 4.78 is 13.9. The van der Waals surface area contributed by atoms with Crippen LogP contribution in [-0.2, 0) is 0 Å². The normalized spacial score (nSPS) is 22.3. The third-order valence-corrected chi connectivity index (χ3v) is 5.60. The van der Waals surface area contributed by atoms with Gasteiger partial charge in [-0.3, -0.25) is 4.99 Å². The maximum atomic E-state index is 13.9. The molecule has 0 bridgehead atoms. The summed E-state index contributed by atoms with van der Waals surface area (Å²) in [7, 11) is 1.81. The van der Waals surface area contributed by atoms with E-state index < -0.39 is 0 Å². The number of aromatic nitrogens is 1. The molecule has 150 valence electrons. The zero-order valence-corrected chi connectivity index (χ0v) is 16.6. The second-order valence-electron chi connectivity index (χ2n) is 7.62. The van der Waals surface area contributed by atoms with Crippen LogP contribution in [-0.4, -0.2) is 68.2 Å². The fourth-order valence-corrected chi connectivity index (χ4v) is 4.04. The summed E-state index contributed by atoms with van der Waals surface area (Å²) in [6.45, 7) is 8.39. The maximum absolute atomic E-state index is 13.9. The summed E-state index contributed by atoms with van der Waals surface area (Å²) in [4.78, 5) is 13.1. The molecule has 7 heteroatoms. The van der Waals surface area contributed by atoms with Gasteiger partial charge >= 0.3 is 0 Å². The lowest BCUT2D eigenvalue weighted by molar-refractivity contribution is 0.185. The Balaban J connectivity index is 1.41. The molecule has 2 aliphatic rings. The summed E-state index contributed by atoms with van der Waals surface area (Å²) >= 11 is 0. The lowest BCUT2D eigenvalue weighted by Crippen LogP contribution is -2.47. The van der Waals surface area contributed by atoms with Crippen LogP contribution in [0.1, 0.15) is 32.6 Å². The van der Waals surface area contributed by atoms with Gasteiger partial charge in [0.05, 0.1) is 0 Å². The molecule has 0 aromatic carbocycles. The number of rotatable bonds is 6. The van der Waals surface area contributed by atoms with E-state index in [9.17, 15) is 4.39 Å². The van der Waals surface area contributed by atoms with Gasteiger partial charge in [-0.05, 0) is 63.4 Å². The van der Waals surface area contributed by atoms with Crippen LogP contribution in [0.4, 0.5) is 10.2 Å². The van der Waals surface area contributed by atoms with E-state index in [1.165, 1.54) is 45.0 Å². The standard InChI is InChI=1S/C20H33FN6/c1-3-10-26-11-6-16(7-12-26)14-24-20(22-2)25-17-8-13-27(15-17)19-18(21)5-4-9-23-19/h4-5,9,16-17H,3,6-8,10-15H2,1-2H3,(H2,22,24,25). The fraction of sp³-hybridized carbons (Fsp3) is 0.700. The molecular weight excluding hydrogens is 343 g/mol. The SMILES string of the molecule is CCCN1CCC(CNC(=NC)NC2CCN(c3ncccc3F)C2)CC1. The number of aliphatic imine (C=N–C) groups is 1. The van der Waals surface area contributed by atoms with Gasteiger partial charge in [0.2, 0.25) is 0 Å². The molecule has 6 nitrogen and oxygen atoms in total. The number of likely N-dealkylation sites (tertiary alicyclic amines) is 1. The molecule has 2 fully saturated rings. The molecule has 0 amide bonds. The molecule has 27 heavy (non-hydrogen) atoms. The predicted molar refractivity (Wildman–Crippen MR) is 109 cm³/mol. The van der Waals surface area contributed by atoms with Gasteiger partial charge in [0.1, 0.15) is 0 Å². The third-order valence-electron chi connectivity index (χ3n) is 5.60. The van der Waals surface area contributed by atoms with E-state index in [-0.39, 0.29) is 11.9 Å². The zero-order chi connectivity index (χ0) is 19.1. The monoisotopic (exact) mass is 376 g/mol.